The van der Waals surface area contributed by atoms with Crippen molar-refractivity contribution in [2.75, 3.05) is 12.6 Å². The molecule has 92 valence electrons. The van der Waals surface area contributed by atoms with Gasteiger partial charge in [0, 0.05) is 0 Å². The topological polar surface area (TPSA) is 55.9 Å². The van der Waals surface area contributed by atoms with Crippen molar-refractivity contribution in [3.8, 4) is 0 Å². The first-order chi connectivity index (χ1) is 7.77. The molecule has 1 N–H and O–H groups in total. The van der Waals surface area contributed by atoms with E-state index in [-0.39, 0.29) is 12.4 Å². The lowest BCUT2D eigenvalue weighted by molar-refractivity contribution is -0.647. The number of nitrogens with one attached hydrogen (secondary N) is 1. The number of aromatic nitrogens is 4. The number of aryl methyl sites for hydroxylation is 1. The normalized spacial score (nSPS) is 10.0. The van der Waals surface area contributed by atoms with Gasteiger partial charge in [0.05, 0.1) is 20.7 Å². The van der Waals surface area contributed by atoms with E-state index in [2.05, 4.69) is 22.0 Å². The maximum Gasteiger partial charge on any atom is 0.307 e. The van der Waals surface area contributed by atoms with Crippen LogP contribution in [0.3, 0.4) is 0 Å². The Morgan fingerprint density at radius 3 is 3.00 bits per heavy atom. The number of halogens is 1. The van der Waals surface area contributed by atoms with Crippen molar-refractivity contribution in [1.29, 1.82) is 0 Å². The number of imidazole rings is 1. The monoisotopic (exact) mass is 255 g/mol. The van der Waals surface area contributed by atoms with Gasteiger partial charge in [-0.3, -0.25) is 9.40 Å². The van der Waals surface area contributed by atoms with Crippen molar-refractivity contribution in [3.63, 3.8) is 0 Å². The second kappa shape index (κ2) is 5.60. The average Bonchev–Trinajstić information content (AvgIpc) is 2.58. The minimum Gasteiger partial charge on any atom is -1.00 e. The van der Waals surface area contributed by atoms with Gasteiger partial charge >= 0.3 is 5.65 Å². The van der Waals surface area contributed by atoms with Crippen LogP contribution >= 0.6 is 0 Å². The number of rotatable bonds is 4. The lowest BCUT2D eigenvalue weighted by Crippen LogP contribution is -3.00. The Labute approximate surface area is 105 Å². The van der Waals surface area contributed by atoms with Gasteiger partial charge in [0.25, 0.3) is 0 Å². The zero-order chi connectivity index (χ0) is 11.5. The molecule has 0 aliphatic rings. The smallest absolute Gasteiger partial charge is 0.307 e. The summed E-state index contributed by atoms with van der Waals surface area (Å²) in [5, 5.41) is 0. The van der Waals surface area contributed by atoms with Crippen LogP contribution in [0.2, 0.25) is 0 Å². The highest BCUT2D eigenvalue weighted by Crippen LogP contribution is 2.16. The van der Waals surface area contributed by atoms with Crippen LogP contribution in [0, 0.1) is 0 Å². The molecule has 0 aromatic carbocycles. The lowest BCUT2D eigenvalue weighted by Gasteiger charge is -2.01. The summed E-state index contributed by atoms with van der Waals surface area (Å²) >= 11 is 0. The van der Waals surface area contributed by atoms with E-state index < -0.39 is 0 Å². The Hall–Kier alpha value is -1.66. The van der Waals surface area contributed by atoms with Crippen molar-refractivity contribution in [2.24, 2.45) is 7.05 Å². The quantitative estimate of drug-likeness (QED) is 0.370. The molecule has 0 spiro atoms. The Balaban J connectivity index is 0.00000144. The van der Waals surface area contributed by atoms with Crippen molar-refractivity contribution >= 4 is 17.0 Å². The Kier molecular flexibility index (Phi) is 4.42. The van der Waals surface area contributed by atoms with E-state index >= 15 is 0 Å². The fraction of sp³-hybridized carbons (Fsp3) is 0.300. The van der Waals surface area contributed by atoms with E-state index in [0.29, 0.717) is 12.4 Å². The van der Waals surface area contributed by atoms with E-state index in [4.69, 9.17) is 4.84 Å². The van der Waals surface area contributed by atoms with Crippen molar-refractivity contribution < 1.29 is 21.8 Å². The molecule has 7 heteroatoms. The number of fused-ring (bicyclic) bond motifs is 1. The predicted octanol–water partition coefficient (Wildman–Crippen LogP) is -2.58. The van der Waals surface area contributed by atoms with Gasteiger partial charge in [0.2, 0.25) is 5.52 Å². The zero-order valence-corrected chi connectivity index (χ0v) is 10.5. The molecule has 0 aliphatic heterocycles. The summed E-state index contributed by atoms with van der Waals surface area (Å²) in [6.07, 6.45) is 5.27. The molecule has 6 nitrogen and oxygen atoms in total. The molecule has 0 atom stereocenters. The maximum atomic E-state index is 4.89. The molecule has 0 radical (unpaired) electrons. The van der Waals surface area contributed by atoms with Crippen molar-refractivity contribution in [3.05, 3.63) is 25.3 Å². The van der Waals surface area contributed by atoms with Crippen LogP contribution in [0.5, 0.6) is 0 Å². The van der Waals surface area contributed by atoms with Gasteiger partial charge in [-0.1, -0.05) is 17.6 Å². The van der Waals surface area contributed by atoms with Gasteiger partial charge in [-0.15, -0.1) is 0 Å². The third kappa shape index (κ3) is 2.37. The minimum absolute atomic E-state index is 0. The van der Waals surface area contributed by atoms with Crippen molar-refractivity contribution in [2.45, 2.75) is 6.54 Å². The van der Waals surface area contributed by atoms with Gasteiger partial charge in [0.1, 0.15) is 0 Å². The molecule has 2 rings (SSSR count). The molecule has 0 aliphatic carbocycles. The number of nitrogens with zero attached hydrogens (tertiary/aromatic N) is 4. The third-order valence-electron chi connectivity index (χ3n) is 2.26. The highest BCUT2D eigenvalue weighted by molar-refractivity contribution is 5.80. The number of hydrogen-bond acceptors (Lipinski definition) is 4. The van der Waals surface area contributed by atoms with Gasteiger partial charge < -0.3 is 12.4 Å². The molecule has 2 aromatic rings. The molecule has 2 heterocycles. The maximum absolute atomic E-state index is 4.89. The molecule has 0 saturated carbocycles. The average molecular weight is 256 g/mol. The molecule has 0 unspecified atom stereocenters. The summed E-state index contributed by atoms with van der Waals surface area (Å²) in [7, 11) is 3.49. The van der Waals surface area contributed by atoms with Crippen LogP contribution in [-0.2, 0) is 18.4 Å². The van der Waals surface area contributed by atoms with Gasteiger partial charge in [0.15, 0.2) is 18.5 Å². The Bertz CT molecular complexity index is 525. The second-order valence-corrected chi connectivity index (χ2v) is 3.37. The first kappa shape index (κ1) is 13.4. The Morgan fingerprint density at radius 2 is 2.35 bits per heavy atom. The molecular weight excluding hydrogens is 242 g/mol. The van der Waals surface area contributed by atoms with Gasteiger partial charge in [-0.2, -0.15) is 4.98 Å². The van der Waals surface area contributed by atoms with Gasteiger partial charge in [-0.05, 0) is 0 Å². The Morgan fingerprint density at radius 1 is 1.59 bits per heavy atom. The third-order valence-corrected chi connectivity index (χ3v) is 2.26. The lowest BCUT2D eigenvalue weighted by atomic mass is 10.4. The fourth-order valence-corrected chi connectivity index (χ4v) is 1.66. The number of anilines is 1. The second-order valence-electron chi connectivity index (χ2n) is 3.37. The summed E-state index contributed by atoms with van der Waals surface area (Å²) in [6.45, 7) is 4.42. The highest BCUT2D eigenvalue weighted by Gasteiger charge is 2.18. The molecule has 17 heavy (non-hydrogen) atoms. The molecule has 0 saturated heterocycles. The number of hydrogen-bond donors (Lipinski definition) is 1. The summed E-state index contributed by atoms with van der Waals surface area (Å²) in [6, 6.07) is 0. The summed E-state index contributed by atoms with van der Waals surface area (Å²) in [5.74, 6) is 0.648. The number of allylic oxidation sites excluding steroid dienone is 1. The summed E-state index contributed by atoms with van der Waals surface area (Å²) < 4.78 is 3.94. The molecular formula is C10H14ClN5O. The van der Waals surface area contributed by atoms with Crippen LogP contribution in [-0.4, -0.2) is 21.6 Å². The van der Waals surface area contributed by atoms with Crippen LogP contribution in [0.4, 0.5) is 5.82 Å². The van der Waals surface area contributed by atoms with E-state index in [1.54, 1.807) is 7.11 Å². The van der Waals surface area contributed by atoms with Gasteiger partial charge in [-0.25, -0.2) is 10.0 Å². The summed E-state index contributed by atoms with van der Waals surface area (Å²) in [4.78, 5) is 13.3. The van der Waals surface area contributed by atoms with E-state index in [9.17, 15) is 0 Å². The van der Waals surface area contributed by atoms with Crippen LogP contribution in [0.15, 0.2) is 25.3 Å². The summed E-state index contributed by atoms with van der Waals surface area (Å²) in [5.41, 5.74) is 4.48. The molecule has 0 fully saturated rings. The van der Waals surface area contributed by atoms with Crippen molar-refractivity contribution in [1.82, 2.24) is 14.5 Å². The first-order valence-electron chi connectivity index (χ1n) is 4.87. The largest absolute Gasteiger partial charge is 1.00 e. The fourth-order valence-electron chi connectivity index (χ4n) is 1.66. The van der Waals surface area contributed by atoms with E-state index in [1.165, 1.54) is 6.33 Å². The SMILES string of the molecule is C=CCn1c[n+](C)c2ncnc(NOC)c21.[Cl-]. The van der Waals surface area contributed by atoms with E-state index in [1.807, 2.05) is 28.6 Å². The van der Waals surface area contributed by atoms with Crippen LogP contribution < -0.4 is 22.5 Å². The zero-order valence-electron chi connectivity index (χ0n) is 9.72. The van der Waals surface area contributed by atoms with Crippen LogP contribution in [0.1, 0.15) is 0 Å². The first-order valence-corrected chi connectivity index (χ1v) is 4.87. The minimum atomic E-state index is 0. The molecule has 0 bridgehead atoms. The van der Waals surface area contributed by atoms with E-state index in [0.717, 1.165) is 11.2 Å². The highest BCUT2D eigenvalue weighted by atomic mass is 35.5. The van der Waals surface area contributed by atoms with Crippen LogP contribution in [0.25, 0.3) is 11.2 Å². The standard InChI is InChI=1S/C10H14N5O.ClH/c1-4-5-15-7-14(2)10-8(15)9(13-16-3)11-6-12-10;/h4,6-7H,1,5H2,2-3H3,(H,11,12,13);1H/q+1;/p-1. The predicted molar refractivity (Wildman–Crippen MR) is 59.5 cm³/mol. The molecule has 2 aromatic heterocycles. The molecule has 0 amide bonds.